The van der Waals surface area contributed by atoms with E-state index in [1.165, 1.54) is 30.5 Å². The fraction of sp³-hybridized carbons (Fsp3) is 0.200. The number of carbonyl (C=O) groups is 1. The minimum absolute atomic E-state index is 0.0149. The van der Waals surface area contributed by atoms with Crippen molar-refractivity contribution in [2.24, 2.45) is 5.10 Å². The van der Waals surface area contributed by atoms with Crippen molar-refractivity contribution in [3.05, 3.63) is 83.4 Å². The molecule has 0 saturated carbocycles. The maximum Gasteiger partial charge on any atom is 0.264 e. The molecule has 8 nitrogen and oxygen atoms in total. The summed E-state index contributed by atoms with van der Waals surface area (Å²) in [6.45, 7) is 4.05. The van der Waals surface area contributed by atoms with E-state index in [0.29, 0.717) is 24.0 Å². The summed E-state index contributed by atoms with van der Waals surface area (Å²) >= 11 is 5.93. The summed E-state index contributed by atoms with van der Waals surface area (Å²) in [5, 5.41) is 4.35. The summed E-state index contributed by atoms with van der Waals surface area (Å²) in [5.74, 6) is 0.430. The molecule has 0 saturated heterocycles. The monoisotopic (exact) mass is 515 g/mol. The quantitative estimate of drug-likeness (QED) is 0.300. The Morgan fingerprint density at radius 3 is 2.29 bits per heavy atom. The lowest BCUT2D eigenvalue weighted by Gasteiger charge is -2.25. The minimum Gasteiger partial charge on any atom is -0.494 e. The molecule has 0 aromatic heterocycles. The fourth-order valence-corrected chi connectivity index (χ4v) is 4.69. The molecule has 0 unspecified atom stereocenters. The number of carbonyl (C=O) groups excluding carboxylic acids is 1. The molecule has 184 valence electrons. The molecule has 3 aromatic carbocycles. The van der Waals surface area contributed by atoms with Gasteiger partial charge in [-0.3, -0.25) is 9.10 Å². The predicted molar refractivity (Wildman–Crippen MR) is 137 cm³/mol. The molecule has 0 atom stereocenters. The van der Waals surface area contributed by atoms with Gasteiger partial charge in [0.25, 0.3) is 15.9 Å². The number of amides is 1. The molecule has 0 radical (unpaired) electrons. The minimum atomic E-state index is -4.13. The molecule has 0 aliphatic heterocycles. The van der Waals surface area contributed by atoms with Crippen LogP contribution in [0.2, 0.25) is 5.02 Å². The SMILES string of the molecule is CCOc1ccc(/C=N\NC(=O)CN(c2ccccc2OCC)S(=O)(=O)c2ccc(Cl)cc2)cc1. The summed E-state index contributed by atoms with van der Waals surface area (Å²) in [6, 6.07) is 19.5. The summed E-state index contributed by atoms with van der Waals surface area (Å²) in [6.07, 6.45) is 1.46. The van der Waals surface area contributed by atoms with Crippen LogP contribution in [-0.4, -0.2) is 40.3 Å². The Hall–Kier alpha value is -3.56. The molecule has 35 heavy (non-hydrogen) atoms. The number of halogens is 1. The van der Waals surface area contributed by atoms with Gasteiger partial charge >= 0.3 is 0 Å². The number of benzene rings is 3. The maximum atomic E-state index is 13.5. The van der Waals surface area contributed by atoms with Crippen LogP contribution in [0.25, 0.3) is 0 Å². The zero-order valence-electron chi connectivity index (χ0n) is 19.3. The number of ether oxygens (including phenoxy) is 2. The van der Waals surface area contributed by atoms with Crippen LogP contribution in [0.5, 0.6) is 11.5 Å². The van der Waals surface area contributed by atoms with Gasteiger partial charge in [0, 0.05) is 5.02 Å². The second kappa shape index (κ2) is 12.2. The number of para-hydroxylation sites is 2. The third-order valence-electron chi connectivity index (χ3n) is 4.72. The summed E-state index contributed by atoms with van der Waals surface area (Å²) in [5.41, 5.74) is 3.36. The standard InChI is InChI=1S/C25H26ClN3O5S/c1-3-33-21-13-9-19(10-14-21)17-27-28-25(30)18-29(23-7-5-6-8-24(23)34-4-2)35(31,32)22-15-11-20(26)12-16-22/h5-17H,3-4,18H2,1-2H3,(H,28,30)/b27-17-. The van der Waals surface area contributed by atoms with Crippen LogP contribution >= 0.6 is 11.6 Å². The van der Waals surface area contributed by atoms with Gasteiger partial charge in [-0.15, -0.1) is 0 Å². The Labute approximate surface area is 210 Å². The lowest BCUT2D eigenvalue weighted by Crippen LogP contribution is -2.39. The van der Waals surface area contributed by atoms with Gasteiger partial charge in [-0.2, -0.15) is 5.10 Å². The topological polar surface area (TPSA) is 97.3 Å². The van der Waals surface area contributed by atoms with Crippen LogP contribution in [0.3, 0.4) is 0 Å². The molecule has 1 amide bonds. The summed E-state index contributed by atoms with van der Waals surface area (Å²) in [7, 11) is -4.13. The van der Waals surface area contributed by atoms with Crippen molar-refractivity contribution in [3.63, 3.8) is 0 Å². The van der Waals surface area contributed by atoms with E-state index in [0.717, 1.165) is 15.6 Å². The highest BCUT2D eigenvalue weighted by atomic mass is 35.5. The average Bonchev–Trinajstić information content (AvgIpc) is 2.85. The van der Waals surface area contributed by atoms with Gasteiger partial charge in [-0.1, -0.05) is 23.7 Å². The van der Waals surface area contributed by atoms with E-state index in [1.807, 2.05) is 6.92 Å². The molecule has 0 fully saturated rings. The van der Waals surface area contributed by atoms with Gasteiger partial charge in [0.15, 0.2) is 0 Å². The van der Waals surface area contributed by atoms with Gasteiger partial charge in [0.05, 0.1) is 30.0 Å². The number of nitrogens with zero attached hydrogens (tertiary/aromatic N) is 2. The Morgan fingerprint density at radius 2 is 1.63 bits per heavy atom. The first-order chi connectivity index (χ1) is 16.8. The Bertz CT molecular complexity index is 1260. The molecule has 0 aliphatic rings. The highest BCUT2D eigenvalue weighted by molar-refractivity contribution is 7.92. The smallest absolute Gasteiger partial charge is 0.264 e. The normalized spacial score (nSPS) is 11.3. The van der Waals surface area contributed by atoms with Gasteiger partial charge in [0.2, 0.25) is 0 Å². The highest BCUT2D eigenvalue weighted by Crippen LogP contribution is 2.32. The fourth-order valence-electron chi connectivity index (χ4n) is 3.14. The summed E-state index contributed by atoms with van der Waals surface area (Å²) < 4.78 is 39.0. The van der Waals surface area contributed by atoms with Crippen LogP contribution in [0.1, 0.15) is 19.4 Å². The zero-order chi connectivity index (χ0) is 25.3. The van der Waals surface area contributed by atoms with Crippen molar-refractivity contribution < 1.29 is 22.7 Å². The lowest BCUT2D eigenvalue weighted by atomic mass is 10.2. The first-order valence-corrected chi connectivity index (χ1v) is 12.7. The van der Waals surface area contributed by atoms with Gasteiger partial charge in [-0.05, 0) is 80.1 Å². The third-order valence-corrected chi connectivity index (χ3v) is 6.74. The van der Waals surface area contributed by atoms with Crippen LogP contribution in [0.15, 0.2) is 82.8 Å². The van der Waals surface area contributed by atoms with Crippen LogP contribution in [0, 0.1) is 0 Å². The molecule has 1 N–H and O–H groups in total. The van der Waals surface area contributed by atoms with Crippen molar-refractivity contribution in [1.82, 2.24) is 5.43 Å². The van der Waals surface area contributed by atoms with Crippen molar-refractivity contribution >= 4 is 39.4 Å². The zero-order valence-corrected chi connectivity index (χ0v) is 20.9. The first-order valence-electron chi connectivity index (χ1n) is 10.9. The second-order valence-electron chi connectivity index (χ2n) is 7.16. The number of hydrogen-bond acceptors (Lipinski definition) is 6. The van der Waals surface area contributed by atoms with E-state index in [2.05, 4.69) is 10.5 Å². The summed E-state index contributed by atoms with van der Waals surface area (Å²) in [4.78, 5) is 12.7. The van der Waals surface area contributed by atoms with E-state index >= 15 is 0 Å². The van der Waals surface area contributed by atoms with E-state index in [1.54, 1.807) is 55.5 Å². The van der Waals surface area contributed by atoms with Crippen molar-refractivity contribution in [3.8, 4) is 11.5 Å². The van der Waals surface area contributed by atoms with E-state index in [4.69, 9.17) is 21.1 Å². The van der Waals surface area contributed by atoms with E-state index in [-0.39, 0.29) is 10.6 Å². The molecule has 3 rings (SSSR count). The van der Waals surface area contributed by atoms with Gasteiger partial charge in [0.1, 0.15) is 18.0 Å². The van der Waals surface area contributed by atoms with E-state index in [9.17, 15) is 13.2 Å². The first kappa shape index (κ1) is 26.1. The number of anilines is 1. The molecular weight excluding hydrogens is 490 g/mol. The highest BCUT2D eigenvalue weighted by Gasteiger charge is 2.29. The average molecular weight is 516 g/mol. The van der Waals surface area contributed by atoms with Crippen molar-refractivity contribution in [2.75, 3.05) is 24.1 Å². The van der Waals surface area contributed by atoms with E-state index < -0.39 is 22.5 Å². The second-order valence-corrected chi connectivity index (χ2v) is 9.46. The van der Waals surface area contributed by atoms with Crippen LogP contribution in [0.4, 0.5) is 5.69 Å². The van der Waals surface area contributed by atoms with Gasteiger partial charge < -0.3 is 9.47 Å². The molecule has 0 aliphatic carbocycles. The van der Waals surface area contributed by atoms with Gasteiger partial charge in [-0.25, -0.2) is 13.8 Å². The predicted octanol–water partition coefficient (Wildman–Crippen LogP) is 4.48. The largest absolute Gasteiger partial charge is 0.494 e. The molecule has 0 heterocycles. The Kier molecular flexibility index (Phi) is 9.11. The molecule has 10 heteroatoms. The van der Waals surface area contributed by atoms with Crippen LogP contribution in [-0.2, 0) is 14.8 Å². The van der Waals surface area contributed by atoms with Crippen LogP contribution < -0.4 is 19.2 Å². The van der Waals surface area contributed by atoms with Crippen molar-refractivity contribution in [2.45, 2.75) is 18.7 Å². The molecular formula is C25H26ClN3O5S. The molecule has 3 aromatic rings. The number of hydrazone groups is 1. The number of rotatable bonds is 11. The molecule has 0 bridgehead atoms. The Morgan fingerprint density at radius 1 is 0.971 bits per heavy atom. The number of nitrogens with one attached hydrogen (secondary N) is 1. The lowest BCUT2D eigenvalue weighted by molar-refractivity contribution is -0.119. The molecule has 0 spiro atoms. The van der Waals surface area contributed by atoms with Crippen molar-refractivity contribution in [1.29, 1.82) is 0 Å². The Balaban J connectivity index is 1.84. The third kappa shape index (κ3) is 6.97. The number of sulfonamides is 1. The number of hydrogen-bond donors (Lipinski definition) is 1. The maximum absolute atomic E-state index is 13.5.